The maximum absolute atomic E-state index is 13.1. The van der Waals surface area contributed by atoms with Gasteiger partial charge in [-0.25, -0.2) is 4.68 Å². The highest BCUT2D eigenvalue weighted by molar-refractivity contribution is 6.04. The Balaban J connectivity index is 1.49. The average Bonchev–Trinajstić information content (AvgIpc) is 3.32. The van der Waals surface area contributed by atoms with E-state index in [9.17, 15) is 4.79 Å². The summed E-state index contributed by atoms with van der Waals surface area (Å²) >= 11 is 0. The van der Waals surface area contributed by atoms with Gasteiger partial charge in [-0.1, -0.05) is 36.4 Å². The molecule has 3 aromatic carbocycles. The van der Waals surface area contributed by atoms with Crippen LogP contribution >= 0.6 is 0 Å². The maximum atomic E-state index is 13.1. The molecule has 5 nitrogen and oxygen atoms in total. The van der Waals surface area contributed by atoms with Crippen LogP contribution in [-0.4, -0.2) is 29.3 Å². The van der Waals surface area contributed by atoms with Crippen molar-refractivity contribution in [3.05, 3.63) is 102 Å². The second kappa shape index (κ2) is 9.17. The summed E-state index contributed by atoms with van der Waals surface area (Å²) in [6.45, 7) is 0.731. The highest BCUT2D eigenvalue weighted by Gasteiger charge is 2.20. The van der Waals surface area contributed by atoms with Gasteiger partial charge in [-0.2, -0.15) is 5.10 Å². The van der Waals surface area contributed by atoms with E-state index >= 15 is 0 Å². The van der Waals surface area contributed by atoms with E-state index < -0.39 is 0 Å². The van der Waals surface area contributed by atoms with E-state index in [1.54, 1.807) is 13.2 Å². The standard InChI is InChI=1S/C28H25N3O2/c1-33-25-16-13-22(14-17-25)28-23(20-31(29-28)24-10-3-2-4-11-24)15-18-27(32)30-19-7-9-21-8-5-6-12-26(21)30/h2-6,8,10-18,20H,7,9,19H2,1H3/b18-15+. The number of benzene rings is 3. The van der Waals surface area contributed by atoms with Crippen molar-refractivity contribution >= 4 is 17.7 Å². The van der Waals surface area contributed by atoms with Gasteiger partial charge in [0.15, 0.2) is 0 Å². The van der Waals surface area contributed by atoms with Crippen LogP contribution in [-0.2, 0) is 11.2 Å². The number of ether oxygens (including phenoxy) is 1. The first kappa shape index (κ1) is 20.8. The number of aromatic nitrogens is 2. The van der Waals surface area contributed by atoms with E-state index in [0.717, 1.165) is 53.3 Å². The number of rotatable bonds is 5. The summed E-state index contributed by atoms with van der Waals surface area (Å²) < 4.78 is 7.14. The van der Waals surface area contributed by atoms with Crippen LogP contribution in [0.1, 0.15) is 17.5 Å². The fourth-order valence-electron chi connectivity index (χ4n) is 4.21. The fraction of sp³-hybridized carbons (Fsp3) is 0.143. The fourth-order valence-corrected chi connectivity index (χ4v) is 4.21. The number of nitrogens with zero attached hydrogens (tertiary/aromatic N) is 3. The first-order valence-corrected chi connectivity index (χ1v) is 11.1. The Bertz CT molecular complexity index is 1290. The number of carbonyl (C=O) groups excluding carboxylic acids is 1. The smallest absolute Gasteiger partial charge is 0.250 e. The number of para-hydroxylation sites is 2. The third-order valence-electron chi connectivity index (χ3n) is 5.91. The van der Waals surface area contributed by atoms with Crippen molar-refractivity contribution in [2.45, 2.75) is 12.8 Å². The molecule has 0 saturated heterocycles. The Kier molecular flexibility index (Phi) is 5.77. The number of carbonyl (C=O) groups is 1. The van der Waals surface area contributed by atoms with E-state index in [-0.39, 0.29) is 5.91 Å². The van der Waals surface area contributed by atoms with Gasteiger partial charge < -0.3 is 9.64 Å². The highest BCUT2D eigenvalue weighted by atomic mass is 16.5. The molecule has 0 N–H and O–H groups in total. The molecule has 0 aliphatic carbocycles. The zero-order chi connectivity index (χ0) is 22.6. The van der Waals surface area contributed by atoms with Crippen LogP contribution in [0.25, 0.3) is 23.0 Å². The van der Waals surface area contributed by atoms with Crippen LogP contribution in [0, 0.1) is 0 Å². The lowest BCUT2D eigenvalue weighted by Gasteiger charge is -2.28. The quantitative estimate of drug-likeness (QED) is 0.387. The van der Waals surface area contributed by atoms with Crippen molar-refractivity contribution in [3.63, 3.8) is 0 Å². The topological polar surface area (TPSA) is 47.4 Å². The minimum atomic E-state index is -0.0182. The molecule has 0 unspecified atom stereocenters. The SMILES string of the molecule is COc1ccc(-c2nn(-c3ccccc3)cc2/C=C/C(=O)N2CCCc3ccccc32)cc1. The molecular weight excluding hydrogens is 410 g/mol. The number of amides is 1. The summed E-state index contributed by atoms with van der Waals surface area (Å²) in [4.78, 5) is 15.0. The molecule has 0 fully saturated rings. The monoisotopic (exact) mass is 435 g/mol. The second-order valence-electron chi connectivity index (χ2n) is 8.00. The van der Waals surface area contributed by atoms with Gasteiger partial charge in [-0.05, 0) is 66.9 Å². The van der Waals surface area contributed by atoms with Gasteiger partial charge in [-0.15, -0.1) is 0 Å². The molecule has 0 saturated carbocycles. The van der Waals surface area contributed by atoms with Crippen molar-refractivity contribution in [1.29, 1.82) is 0 Å². The zero-order valence-corrected chi connectivity index (χ0v) is 18.5. The minimum absolute atomic E-state index is 0.0182. The summed E-state index contributed by atoms with van der Waals surface area (Å²) in [5, 5.41) is 4.83. The zero-order valence-electron chi connectivity index (χ0n) is 18.5. The van der Waals surface area contributed by atoms with Gasteiger partial charge >= 0.3 is 0 Å². The lowest BCUT2D eigenvalue weighted by Crippen LogP contribution is -2.34. The van der Waals surface area contributed by atoms with Crippen molar-refractivity contribution < 1.29 is 9.53 Å². The Morgan fingerprint density at radius 1 is 0.970 bits per heavy atom. The van der Waals surface area contributed by atoms with E-state index in [1.807, 2.05) is 94.7 Å². The molecule has 1 aliphatic rings. The molecule has 4 aromatic rings. The van der Waals surface area contributed by atoms with Crippen LogP contribution in [0.5, 0.6) is 5.75 Å². The molecular formula is C28H25N3O2. The molecule has 0 radical (unpaired) electrons. The molecule has 5 heteroatoms. The van der Waals surface area contributed by atoms with Gasteiger partial charge in [0.2, 0.25) is 0 Å². The van der Waals surface area contributed by atoms with Gasteiger partial charge in [0, 0.05) is 35.6 Å². The predicted molar refractivity (Wildman–Crippen MR) is 132 cm³/mol. The molecule has 1 aliphatic heterocycles. The molecule has 0 atom stereocenters. The number of methoxy groups -OCH3 is 1. The van der Waals surface area contributed by atoms with E-state index in [1.165, 1.54) is 5.56 Å². The molecule has 33 heavy (non-hydrogen) atoms. The molecule has 0 spiro atoms. The highest BCUT2D eigenvalue weighted by Crippen LogP contribution is 2.29. The Hall–Kier alpha value is -4.12. The number of hydrogen-bond acceptors (Lipinski definition) is 3. The Morgan fingerprint density at radius 3 is 2.52 bits per heavy atom. The first-order chi connectivity index (χ1) is 16.2. The lowest BCUT2D eigenvalue weighted by molar-refractivity contribution is -0.114. The summed E-state index contributed by atoms with van der Waals surface area (Å²) in [5.74, 6) is 0.771. The third-order valence-corrected chi connectivity index (χ3v) is 5.91. The molecule has 0 bridgehead atoms. The van der Waals surface area contributed by atoms with Crippen molar-refractivity contribution in [1.82, 2.24) is 9.78 Å². The van der Waals surface area contributed by atoms with Gasteiger partial charge in [0.1, 0.15) is 5.75 Å². The van der Waals surface area contributed by atoms with Gasteiger partial charge in [0.25, 0.3) is 5.91 Å². The van der Waals surface area contributed by atoms with Crippen LogP contribution in [0.2, 0.25) is 0 Å². The predicted octanol–water partition coefficient (Wildman–Crippen LogP) is 5.54. The Morgan fingerprint density at radius 2 is 1.73 bits per heavy atom. The van der Waals surface area contributed by atoms with Crippen LogP contribution in [0.15, 0.2) is 91.1 Å². The third kappa shape index (κ3) is 4.30. The number of anilines is 1. The summed E-state index contributed by atoms with van der Waals surface area (Å²) in [6, 6.07) is 25.9. The van der Waals surface area contributed by atoms with Gasteiger partial charge in [0.05, 0.1) is 18.5 Å². The largest absolute Gasteiger partial charge is 0.497 e. The minimum Gasteiger partial charge on any atom is -0.497 e. The molecule has 2 heterocycles. The molecule has 164 valence electrons. The lowest BCUT2D eigenvalue weighted by atomic mass is 10.0. The number of aryl methyl sites for hydroxylation is 1. The first-order valence-electron chi connectivity index (χ1n) is 11.1. The van der Waals surface area contributed by atoms with Crippen LogP contribution < -0.4 is 9.64 Å². The normalized spacial score (nSPS) is 13.2. The molecule has 1 aromatic heterocycles. The van der Waals surface area contributed by atoms with Crippen LogP contribution in [0.3, 0.4) is 0 Å². The van der Waals surface area contributed by atoms with Gasteiger partial charge in [-0.3, -0.25) is 4.79 Å². The molecule has 5 rings (SSSR count). The number of hydrogen-bond donors (Lipinski definition) is 0. The maximum Gasteiger partial charge on any atom is 0.250 e. The summed E-state index contributed by atoms with van der Waals surface area (Å²) in [6.07, 6.45) is 7.46. The summed E-state index contributed by atoms with van der Waals surface area (Å²) in [5.41, 5.74) is 5.84. The average molecular weight is 436 g/mol. The number of fused-ring (bicyclic) bond motifs is 1. The van der Waals surface area contributed by atoms with E-state index in [0.29, 0.717) is 0 Å². The van der Waals surface area contributed by atoms with Crippen LogP contribution in [0.4, 0.5) is 5.69 Å². The van der Waals surface area contributed by atoms with E-state index in [2.05, 4.69) is 6.07 Å². The van der Waals surface area contributed by atoms with E-state index in [4.69, 9.17) is 9.84 Å². The van der Waals surface area contributed by atoms with Crippen molar-refractivity contribution in [3.8, 4) is 22.7 Å². The van der Waals surface area contributed by atoms with Crippen molar-refractivity contribution in [2.24, 2.45) is 0 Å². The van der Waals surface area contributed by atoms with Crippen molar-refractivity contribution in [2.75, 3.05) is 18.6 Å². The second-order valence-corrected chi connectivity index (χ2v) is 8.00. The Labute approximate surface area is 193 Å². The molecule has 1 amide bonds. The summed E-state index contributed by atoms with van der Waals surface area (Å²) in [7, 11) is 1.65.